The fourth-order valence-corrected chi connectivity index (χ4v) is 4.22. The summed E-state index contributed by atoms with van der Waals surface area (Å²) in [4.78, 5) is 24.0. The summed E-state index contributed by atoms with van der Waals surface area (Å²) in [6, 6.07) is 6.27. The number of carbonyl (C=O) groups excluding carboxylic acids is 1. The summed E-state index contributed by atoms with van der Waals surface area (Å²) in [6.07, 6.45) is 7.41. The van der Waals surface area contributed by atoms with Gasteiger partial charge >= 0.3 is 5.97 Å². The third kappa shape index (κ3) is 6.01. The second-order valence-electron chi connectivity index (χ2n) is 9.49. The SMILES string of the molecule is CC(C)C(NCCC1CCCCC1)(C(=O)OC(C)(C)C)c1ccc([N+](=O)[O-])cc1. The number of non-ortho nitro benzene ring substituents is 1. The van der Waals surface area contributed by atoms with E-state index in [9.17, 15) is 14.9 Å². The first-order valence-electron chi connectivity index (χ1n) is 10.8. The molecule has 162 valence electrons. The van der Waals surface area contributed by atoms with E-state index in [1.165, 1.54) is 44.2 Å². The normalized spacial score (nSPS) is 17.7. The molecule has 1 unspecified atom stereocenters. The minimum atomic E-state index is -1.04. The zero-order valence-electron chi connectivity index (χ0n) is 18.5. The van der Waals surface area contributed by atoms with Crippen LogP contribution >= 0.6 is 0 Å². The van der Waals surface area contributed by atoms with Crippen LogP contribution < -0.4 is 5.32 Å². The summed E-state index contributed by atoms with van der Waals surface area (Å²) in [5.74, 6) is 0.263. The van der Waals surface area contributed by atoms with Crippen LogP contribution in [0.5, 0.6) is 0 Å². The van der Waals surface area contributed by atoms with Crippen molar-refractivity contribution in [2.75, 3.05) is 6.54 Å². The minimum Gasteiger partial charge on any atom is -0.458 e. The number of benzene rings is 1. The van der Waals surface area contributed by atoms with E-state index in [2.05, 4.69) is 5.32 Å². The predicted octanol–water partition coefficient (Wildman–Crippen LogP) is 5.35. The quantitative estimate of drug-likeness (QED) is 0.359. The van der Waals surface area contributed by atoms with Crippen LogP contribution in [0.1, 0.15) is 78.7 Å². The molecule has 1 saturated carbocycles. The van der Waals surface area contributed by atoms with Crippen LogP contribution in [-0.2, 0) is 15.1 Å². The van der Waals surface area contributed by atoms with Crippen LogP contribution in [0.25, 0.3) is 0 Å². The van der Waals surface area contributed by atoms with E-state index < -0.39 is 16.1 Å². The van der Waals surface area contributed by atoms with Gasteiger partial charge in [-0.15, -0.1) is 0 Å². The Balaban J connectivity index is 2.32. The first-order chi connectivity index (χ1) is 13.6. The maximum Gasteiger partial charge on any atom is 0.331 e. The summed E-state index contributed by atoms with van der Waals surface area (Å²) >= 11 is 0. The van der Waals surface area contributed by atoms with Crippen LogP contribution in [0.4, 0.5) is 5.69 Å². The third-order valence-electron chi connectivity index (χ3n) is 5.80. The zero-order valence-corrected chi connectivity index (χ0v) is 18.5. The molecule has 1 aromatic carbocycles. The number of hydrogen-bond acceptors (Lipinski definition) is 5. The average molecular weight is 405 g/mol. The van der Waals surface area contributed by atoms with Gasteiger partial charge in [0.1, 0.15) is 11.1 Å². The molecule has 0 radical (unpaired) electrons. The lowest BCUT2D eigenvalue weighted by atomic mass is 9.78. The highest BCUT2D eigenvalue weighted by molar-refractivity contribution is 5.83. The third-order valence-corrected chi connectivity index (χ3v) is 5.80. The van der Waals surface area contributed by atoms with Crippen molar-refractivity contribution < 1.29 is 14.5 Å². The van der Waals surface area contributed by atoms with Gasteiger partial charge in [0.05, 0.1) is 4.92 Å². The molecule has 6 nitrogen and oxygen atoms in total. The van der Waals surface area contributed by atoms with Crippen molar-refractivity contribution in [1.29, 1.82) is 0 Å². The molecule has 1 fully saturated rings. The standard InChI is InChI=1S/C23H36N2O4/c1-17(2)23(21(26)29-22(3,4)5,19-11-13-20(14-12-19)25(27)28)24-16-15-18-9-7-6-8-10-18/h11-14,17-18,24H,6-10,15-16H2,1-5H3. The number of carbonyl (C=O) groups is 1. The fourth-order valence-electron chi connectivity index (χ4n) is 4.22. The van der Waals surface area contributed by atoms with Crippen molar-refractivity contribution in [1.82, 2.24) is 5.32 Å². The summed E-state index contributed by atoms with van der Waals surface area (Å²) in [5.41, 5.74) is -0.950. The van der Waals surface area contributed by atoms with Gasteiger partial charge in [0, 0.05) is 12.1 Å². The molecule has 0 saturated heterocycles. The number of nitro groups is 1. The Labute approximate surface area is 174 Å². The van der Waals surface area contributed by atoms with E-state index in [-0.39, 0.29) is 17.6 Å². The van der Waals surface area contributed by atoms with Crippen LogP contribution in [0, 0.1) is 22.0 Å². The van der Waals surface area contributed by atoms with E-state index >= 15 is 0 Å². The van der Waals surface area contributed by atoms with Gasteiger partial charge in [0.2, 0.25) is 0 Å². The second kappa shape index (κ2) is 9.70. The van der Waals surface area contributed by atoms with E-state index in [4.69, 9.17) is 4.74 Å². The van der Waals surface area contributed by atoms with Gasteiger partial charge in [-0.05, 0) is 63.3 Å². The van der Waals surface area contributed by atoms with Crippen LogP contribution in [0.3, 0.4) is 0 Å². The Morgan fingerprint density at radius 2 is 1.76 bits per heavy atom. The molecule has 1 aliphatic rings. The first kappa shape index (κ1) is 23.3. The number of nitro benzene ring substituents is 1. The number of nitrogens with zero attached hydrogens (tertiary/aromatic N) is 1. The van der Waals surface area contributed by atoms with Crippen LogP contribution in [-0.4, -0.2) is 23.0 Å². The summed E-state index contributed by atoms with van der Waals surface area (Å²) < 4.78 is 5.80. The molecular formula is C23H36N2O4. The number of hydrogen-bond donors (Lipinski definition) is 1. The second-order valence-corrected chi connectivity index (χ2v) is 9.49. The van der Waals surface area contributed by atoms with Crippen molar-refractivity contribution >= 4 is 11.7 Å². The molecular weight excluding hydrogens is 368 g/mol. The summed E-state index contributed by atoms with van der Waals surface area (Å²) in [5, 5.41) is 14.6. The molecule has 1 aliphatic carbocycles. The van der Waals surface area contributed by atoms with Crippen LogP contribution in [0.15, 0.2) is 24.3 Å². The highest BCUT2D eigenvalue weighted by Gasteiger charge is 2.46. The molecule has 2 rings (SSSR count). The van der Waals surface area contributed by atoms with Crippen LogP contribution in [0.2, 0.25) is 0 Å². The van der Waals surface area contributed by atoms with Gasteiger partial charge in [-0.1, -0.05) is 46.0 Å². The Hall–Kier alpha value is -1.95. The Morgan fingerprint density at radius 1 is 1.17 bits per heavy atom. The summed E-state index contributed by atoms with van der Waals surface area (Å²) in [7, 11) is 0. The molecule has 1 N–H and O–H groups in total. The fraction of sp³-hybridized carbons (Fsp3) is 0.696. The molecule has 0 heterocycles. The molecule has 0 amide bonds. The minimum absolute atomic E-state index is 0.0119. The van der Waals surface area contributed by atoms with E-state index in [0.717, 1.165) is 6.42 Å². The lowest BCUT2D eigenvalue weighted by Gasteiger charge is -2.39. The van der Waals surface area contributed by atoms with Crippen molar-refractivity contribution in [3.8, 4) is 0 Å². The van der Waals surface area contributed by atoms with Crippen molar-refractivity contribution in [3.05, 3.63) is 39.9 Å². The number of ether oxygens (including phenoxy) is 1. The van der Waals surface area contributed by atoms with Gasteiger partial charge in [0.25, 0.3) is 5.69 Å². The monoisotopic (exact) mass is 404 g/mol. The number of esters is 1. The van der Waals surface area contributed by atoms with E-state index in [0.29, 0.717) is 18.0 Å². The van der Waals surface area contributed by atoms with Gasteiger partial charge in [0.15, 0.2) is 0 Å². The van der Waals surface area contributed by atoms with Gasteiger partial charge < -0.3 is 4.74 Å². The largest absolute Gasteiger partial charge is 0.458 e. The molecule has 0 aliphatic heterocycles. The lowest BCUT2D eigenvalue weighted by Crippen LogP contribution is -2.55. The maximum atomic E-state index is 13.4. The Kier molecular flexibility index (Phi) is 7.80. The van der Waals surface area contributed by atoms with Crippen molar-refractivity contribution in [2.45, 2.75) is 84.3 Å². The molecule has 0 spiro atoms. The van der Waals surface area contributed by atoms with E-state index in [1.54, 1.807) is 12.1 Å². The highest BCUT2D eigenvalue weighted by Crippen LogP contribution is 2.35. The molecule has 0 aromatic heterocycles. The average Bonchev–Trinajstić information content (AvgIpc) is 2.64. The number of nitrogens with one attached hydrogen (secondary N) is 1. The maximum absolute atomic E-state index is 13.4. The van der Waals surface area contributed by atoms with E-state index in [1.807, 2.05) is 34.6 Å². The lowest BCUT2D eigenvalue weighted by molar-refractivity contribution is -0.384. The van der Waals surface area contributed by atoms with Gasteiger partial charge in [-0.25, -0.2) is 4.79 Å². The zero-order chi connectivity index (χ0) is 21.7. The van der Waals surface area contributed by atoms with Gasteiger partial charge in [-0.2, -0.15) is 0 Å². The Morgan fingerprint density at radius 3 is 2.24 bits per heavy atom. The predicted molar refractivity (Wildman–Crippen MR) is 115 cm³/mol. The number of rotatable bonds is 8. The van der Waals surface area contributed by atoms with Gasteiger partial charge in [-0.3, -0.25) is 15.4 Å². The molecule has 1 atom stereocenters. The Bertz CT molecular complexity index is 688. The molecule has 0 bridgehead atoms. The van der Waals surface area contributed by atoms with Crippen molar-refractivity contribution in [3.63, 3.8) is 0 Å². The van der Waals surface area contributed by atoms with Crippen molar-refractivity contribution in [2.24, 2.45) is 11.8 Å². The highest BCUT2D eigenvalue weighted by atomic mass is 16.6. The smallest absolute Gasteiger partial charge is 0.331 e. The molecule has 1 aromatic rings. The molecule has 6 heteroatoms. The first-order valence-corrected chi connectivity index (χ1v) is 10.8. The summed E-state index contributed by atoms with van der Waals surface area (Å²) in [6.45, 7) is 10.2. The topological polar surface area (TPSA) is 81.5 Å². The molecule has 29 heavy (non-hydrogen) atoms.